The number of aryl methyl sites for hydroxylation is 1. The summed E-state index contributed by atoms with van der Waals surface area (Å²) >= 11 is 0. The maximum Gasteiger partial charge on any atom is 0.254 e. The van der Waals surface area contributed by atoms with E-state index >= 15 is 0 Å². The van der Waals surface area contributed by atoms with Crippen LogP contribution in [0.5, 0.6) is 0 Å². The van der Waals surface area contributed by atoms with Gasteiger partial charge in [0.15, 0.2) is 0 Å². The molecular weight excluding hydrogens is 266 g/mol. The predicted octanol–water partition coefficient (Wildman–Crippen LogP) is 2.31. The van der Waals surface area contributed by atoms with Crippen LogP contribution in [0.1, 0.15) is 40.7 Å². The van der Waals surface area contributed by atoms with E-state index in [0.717, 1.165) is 42.6 Å². The zero-order valence-corrected chi connectivity index (χ0v) is 13.0. The van der Waals surface area contributed by atoms with Gasteiger partial charge in [0, 0.05) is 31.9 Å². The maximum absolute atomic E-state index is 12.6. The van der Waals surface area contributed by atoms with Gasteiger partial charge in [0.1, 0.15) is 0 Å². The fourth-order valence-corrected chi connectivity index (χ4v) is 2.69. The van der Waals surface area contributed by atoms with Crippen LogP contribution in [0.3, 0.4) is 0 Å². The van der Waals surface area contributed by atoms with E-state index in [-0.39, 0.29) is 18.6 Å². The highest BCUT2D eigenvalue weighted by Gasteiger charge is 2.24. The minimum absolute atomic E-state index is 0.130. The standard InChI is InChI=1S/C17H25NO3/c1-13-5-3-6-16(14(13)2)17(20)18-9-7-15(8-10-18)21-12-4-11-19/h3,5-6,15,19H,4,7-12H2,1-2H3. The summed E-state index contributed by atoms with van der Waals surface area (Å²) in [5, 5.41) is 8.75. The lowest BCUT2D eigenvalue weighted by atomic mass is 10.0. The molecule has 0 saturated carbocycles. The highest BCUT2D eigenvalue weighted by atomic mass is 16.5. The van der Waals surface area contributed by atoms with E-state index in [2.05, 4.69) is 0 Å². The van der Waals surface area contributed by atoms with Crippen LogP contribution in [0, 0.1) is 13.8 Å². The van der Waals surface area contributed by atoms with Crippen LogP contribution < -0.4 is 0 Å². The van der Waals surface area contributed by atoms with Gasteiger partial charge in [-0.05, 0) is 50.3 Å². The van der Waals surface area contributed by atoms with Gasteiger partial charge < -0.3 is 14.7 Å². The normalized spacial score (nSPS) is 16.2. The van der Waals surface area contributed by atoms with Crippen molar-refractivity contribution in [1.82, 2.24) is 4.90 Å². The molecule has 21 heavy (non-hydrogen) atoms. The maximum atomic E-state index is 12.6. The van der Waals surface area contributed by atoms with Crippen LogP contribution in [0.2, 0.25) is 0 Å². The lowest BCUT2D eigenvalue weighted by Gasteiger charge is -2.32. The average molecular weight is 291 g/mol. The van der Waals surface area contributed by atoms with Gasteiger partial charge in [-0.1, -0.05) is 12.1 Å². The SMILES string of the molecule is Cc1cccc(C(=O)N2CCC(OCCCO)CC2)c1C. The van der Waals surface area contributed by atoms with Crippen molar-refractivity contribution >= 4 is 5.91 Å². The van der Waals surface area contributed by atoms with Gasteiger partial charge in [-0.3, -0.25) is 4.79 Å². The summed E-state index contributed by atoms with van der Waals surface area (Å²) in [5.74, 6) is 0.130. The van der Waals surface area contributed by atoms with Crippen LogP contribution in [0.15, 0.2) is 18.2 Å². The minimum atomic E-state index is 0.130. The number of amides is 1. The number of ether oxygens (including phenoxy) is 1. The van der Waals surface area contributed by atoms with Gasteiger partial charge in [-0.25, -0.2) is 0 Å². The van der Waals surface area contributed by atoms with Crippen molar-refractivity contribution in [1.29, 1.82) is 0 Å². The Balaban J connectivity index is 1.90. The molecule has 0 unspecified atom stereocenters. The molecule has 4 heteroatoms. The number of piperidine rings is 1. The molecule has 1 heterocycles. The molecule has 0 atom stereocenters. The molecule has 1 fully saturated rings. The number of hydrogen-bond donors (Lipinski definition) is 1. The third kappa shape index (κ3) is 4.05. The van der Waals surface area contributed by atoms with Gasteiger partial charge in [-0.2, -0.15) is 0 Å². The zero-order valence-electron chi connectivity index (χ0n) is 13.0. The fourth-order valence-electron chi connectivity index (χ4n) is 2.69. The molecule has 2 rings (SSSR count). The zero-order chi connectivity index (χ0) is 15.2. The smallest absolute Gasteiger partial charge is 0.254 e. The average Bonchev–Trinajstić information content (AvgIpc) is 2.50. The second-order valence-corrected chi connectivity index (χ2v) is 5.69. The molecule has 116 valence electrons. The van der Waals surface area contributed by atoms with Crippen molar-refractivity contribution in [2.75, 3.05) is 26.3 Å². The third-order valence-electron chi connectivity index (χ3n) is 4.22. The van der Waals surface area contributed by atoms with E-state index in [1.807, 2.05) is 36.9 Å². The Morgan fingerprint density at radius 2 is 2.05 bits per heavy atom. The number of carbonyl (C=O) groups excluding carboxylic acids is 1. The first kappa shape index (κ1) is 16.0. The molecule has 1 aliphatic heterocycles. The number of rotatable bonds is 5. The lowest BCUT2D eigenvalue weighted by Crippen LogP contribution is -2.41. The van der Waals surface area contributed by atoms with E-state index < -0.39 is 0 Å². The number of benzene rings is 1. The molecule has 1 saturated heterocycles. The van der Waals surface area contributed by atoms with Crippen LogP contribution >= 0.6 is 0 Å². The summed E-state index contributed by atoms with van der Waals surface area (Å²) in [6, 6.07) is 5.89. The topological polar surface area (TPSA) is 49.8 Å². The lowest BCUT2D eigenvalue weighted by molar-refractivity contribution is 0.00396. The molecule has 0 aliphatic carbocycles. The quantitative estimate of drug-likeness (QED) is 0.847. The minimum Gasteiger partial charge on any atom is -0.396 e. The Kier molecular flexibility index (Phi) is 5.76. The van der Waals surface area contributed by atoms with E-state index in [1.165, 1.54) is 0 Å². The Hall–Kier alpha value is -1.39. The summed E-state index contributed by atoms with van der Waals surface area (Å²) in [4.78, 5) is 14.5. The molecule has 1 aromatic rings. The number of nitrogens with zero attached hydrogens (tertiary/aromatic N) is 1. The Morgan fingerprint density at radius 3 is 2.71 bits per heavy atom. The van der Waals surface area contributed by atoms with Crippen LogP contribution in [0.25, 0.3) is 0 Å². The molecule has 0 aromatic heterocycles. The van der Waals surface area contributed by atoms with Crippen molar-refractivity contribution in [3.63, 3.8) is 0 Å². The summed E-state index contributed by atoms with van der Waals surface area (Å²) in [6.07, 6.45) is 2.66. The highest BCUT2D eigenvalue weighted by Crippen LogP contribution is 2.19. The number of aliphatic hydroxyl groups is 1. The molecule has 1 aromatic carbocycles. The Bertz CT molecular complexity index is 479. The second kappa shape index (κ2) is 7.57. The Morgan fingerprint density at radius 1 is 1.33 bits per heavy atom. The molecule has 4 nitrogen and oxygen atoms in total. The van der Waals surface area contributed by atoms with Gasteiger partial charge in [0.25, 0.3) is 5.91 Å². The molecule has 1 N–H and O–H groups in total. The van der Waals surface area contributed by atoms with Gasteiger partial charge >= 0.3 is 0 Å². The monoisotopic (exact) mass is 291 g/mol. The summed E-state index contributed by atoms with van der Waals surface area (Å²) in [7, 11) is 0. The summed E-state index contributed by atoms with van der Waals surface area (Å²) < 4.78 is 5.70. The van der Waals surface area contributed by atoms with Gasteiger partial charge in [-0.15, -0.1) is 0 Å². The van der Waals surface area contributed by atoms with Crippen LogP contribution in [-0.4, -0.2) is 48.3 Å². The van der Waals surface area contributed by atoms with Crippen molar-refractivity contribution in [3.05, 3.63) is 34.9 Å². The van der Waals surface area contributed by atoms with E-state index in [4.69, 9.17) is 9.84 Å². The van der Waals surface area contributed by atoms with Crippen molar-refractivity contribution < 1.29 is 14.6 Å². The van der Waals surface area contributed by atoms with Crippen molar-refractivity contribution in [2.24, 2.45) is 0 Å². The number of likely N-dealkylation sites (tertiary alicyclic amines) is 1. The fraction of sp³-hybridized carbons (Fsp3) is 0.588. The van der Waals surface area contributed by atoms with Crippen molar-refractivity contribution in [2.45, 2.75) is 39.2 Å². The van der Waals surface area contributed by atoms with Crippen LogP contribution in [0.4, 0.5) is 0 Å². The van der Waals surface area contributed by atoms with Gasteiger partial charge in [0.05, 0.1) is 6.10 Å². The molecule has 0 bridgehead atoms. The number of hydrogen-bond acceptors (Lipinski definition) is 3. The van der Waals surface area contributed by atoms with E-state index in [9.17, 15) is 4.79 Å². The predicted molar refractivity (Wildman–Crippen MR) is 82.5 cm³/mol. The van der Waals surface area contributed by atoms with Crippen LogP contribution in [-0.2, 0) is 4.74 Å². The summed E-state index contributed by atoms with van der Waals surface area (Å²) in [5.41, 5.74) is 3.04. The van der Waals surface area contributed by atoms with Gasteiger partial charge in [0.2, 0.25) is 0 Å². The first-order valence-corrected chi connectivity index (χ1v) is 7.71. The first-order valence-electron chi connectivity index (χ1n) is 7.71. The highest BCUT2D eigenvalue weighted by molar-refractivity contribution is 5.96. The largest absolute Gasteiger partial charge is 0.396 e. The molecule has 1 aliphatic rings. The van der Waals surface area contributed by atoms with Crippen molar-refractivity contribution in [3.8, 4) is 0 Å². The molecule has 0 spiro atoms. The molecular formula is C17H25NO3. The number of aliphatic hydroxyl groups excluding tert-OH is 1. The summed E-state index contributed by atoms with van der Waals surface area (Å²) in [6.45, 7) is 6.31. The first-order chi connectivity index (χ1) is 10.1. The van der Waals surface area contributed by atoms with E-state index in [1.54, 1.807) is 0 Å². The molecule has 0 radical (unpaired) electrons. The molecule has 1 amide bonds. The Labute approximate surface area is 126 Å². The number of carbonyl (C=O) groups is 1. The second-order valence-electron chi connectivity index (χ2n) is 5.69. The third-order valence-corrected chi connectivity index (χ3v) is 4.22. The van der Waals surface area contributed by atoms with E-state index in [0.29, 0.717) is 13.0 Å².